The van der Waals surface area contributed by atoms with Crippen molar-refractivity contribution in [3.05, 3.63) is 60.6 Å². The van der Waals surface area contributed by atoms with Gasteiger partial charge in [0.25, 0.3) is 0 Å². The first kappa shape index (κ1) is 12.5. The van der Waals surface area contributed by atoms with Crippen molar-refractivity contribution in [1.82, 2.24) is 14.9 Å². The summed E-state index contributed by atoms with van der Waals surface area (Å²) in [4.78, 5) is 15.1. The van der Waals surface area contributed by atoms with Gasteiger partial charge in [0.2, 0.25) is 5.91 Å². The lowest BCUT2D eigenvalue weighted by Crippen LogP contribution is -2.28. The van der Waals surface area contributed by atoms with E-state index in [9.17, 15) is 4.79 Å². The highest BCUT2D eigenvalue weighted by molar-refractivity contribution is 5.88. The number of nitrogens with one attached hydrogen (secondary N) is 2. The molecule has 4 nitrogen and oxygen atoms in total. The summed E-state index contributed by atoms with van der Waals surface area (Å²) in [6.45, 7) is 1.45. The molecule has 2 heterocycles. The molecule has 1 aromatic carbocycles. The van der Waals surface area contributed by atoms with Crippen LogP contribution in [0.3, 0.4) is 0 Å². The third-order valence-electron chi connectivity index (χ3n) is 3.38. The number of carbonyl (C=O) groups excluding carboxylic acids is 1. The number of fused-ring (bicyclic) bond motifs is 1. The second-order valence-electron chi connectivity index (χ2n) is 4.81. The molecule has 0 saturated heterocycles. The number of H-pyrrole nitrogens is 1. The van der Waals surface area contributed by atoms with Gasteiger partial charge in [-0.1, -0.05) is 18.2 Å². The third kappa shape index (κ3) is 2.74. The van der Waals surface area contributed by atoms with E-state index in [-0.39, 0.29) is 5.91 Å². The smallest absolute Gasteiger partial charge is 0.224 e. The third-order valence-corrected chi connectivity index (χ3v) is 3.38. The molecule has 4 heteroatoms. The summed E-state index contributed by atoms with van der Waals surface area (Å²) in [5, 5.41) is 4.07. The molecular formula is C16H17N3O. The van der Waals surface area contributed by atoms with Crippen molar-refractivity contribution in [1.29, 1.82) is 0 Å². The molecule has 20 heavy (non-hydrogen) atoms. The summed E-state index contributed by atoms with van der Waals surface area (Å²) in [6.07, 6.45) is 6.31. The van der Waals surface area contributed by atoms with Gasteiger partial charge in [0.05, 0.1) is 6.42 Å². The standard InChI is InChI=1S/C16H17N3O/c20-16(17-7-10-19-8-3-4-9-19)11-13-12-18-15-6-2-1-5-14(13)15/h1-6,8-9,12,18H,7,10-11H2,(H,17,20). The molecule has 0 fully saturated rings. The lowest BCUT2D eigenvalue weighted by molar-refractivity contribution is -0.120. The Morgan fingerprint density at radius 2 is 1.95 bits per heavy atom. The van der Waals surface area contributed by atoms with Crippen LogP contribution in [0.5, 0.6) is 0 Å². The van der Waals surface area contributed by atoms with Crippen molar-refractivity contribution in [2.75, 3.05) is 6.54 Å². The van der Waals surface area contributed by atoms with Gasteiger partial charge in [-0.3, -0.25) is 4.79 Å². The molecule has 2 N–H and O–H groups in total. The second-order valence-corrected chi connectivity index (χ2v) is 4.81. The molecule has 0 aliphatic rings. The van der Waals surface area contributed by atoms with Gasteiger partial charge in [-0.05, 0) is 23.8 Å². The Kier molecular flexibility index (Phi) is 3.54. The summed E-state index contributed by atoms with van der Waals surface area (Å²) in [5.74, 6) is 0.0573. The highest BCUT2D eigenvalue weighted by Gasteiger charge is 2.07. The van der Waals surface area contributed by atoms with E-state index in [4.69, 9.17) is 0 Å². The van der Waals surface area contributed by atoms with E-state index in [0.29, 0.717) is 13.0 Å². The average Bonchev–Trinajstić information content (AvgIpc) is 3.09. The van der Waals surface area contributed by atoms with Gasteiger partial charge in [-0.25, -0.2) is 0 Å². The van der Waals surface area contributed by atoms with Gasteiger partial charge in [-0.15, -0.1) is 0 Å². The zero-order valence-electron chi connectivity index (χ0n) is 11.2. The minimum atomic E-state index is 0.0573. The second kappa shape index (κ2) is 5.65. The van der Waals surface area contributed by atoms with Crippen LogP contribution in [0.1, 0.15) is 5.56 Å². The van der Waals surface area contributed by atoms with E-state index in [1.54, 1.807) is 0 Å². The topological polar surface area (TPSA) is 49.8 Å². The van der Waals surface area contributed by atoms with Crippen LogP contribution in [0.2, 0.25) is 0 Å². The minimum Gasteiger partial charge on any atom is -0.361 e. The Morgan fingerprint density at radius 3 is 2.80 bits per heavy atom. The van der Waals surface area contributed by atoms with Crippen LogP contribution in [0, 0.1) is 0 Å². The highest BCUT2D eigenvalue weighted by atomic mass is 16.1. The predicted octanol–water partition coefficient (Wildman–Crippen LogP) is 2.33. The molecule has 102 valence electrons. The monoisotopic (exact) mass is 267 g/mol. The maximum atomic E-state index is 11.9. The molecule has 0 bridgehead atoms. The average molecular weight is 267 g/mol. The number of amides is 1. The van der Waals surface area contributed by atoms with Crippen molar-refractivity contribution < 1.29 is 4.79 Å². The van der Waals surface area contributed by atoms with Crippen LogP contribution in [0.15, 0.2) is 55.0 Å². The molecule has 1 amide bonds. The Morgan fingerprint density at radius 1 is 1.15 bits per heavy atom. The van der Waals surface area contributed by atoms with Gasteiger partial charge in [0.1, 0.15) is 0 Å². The van der Waals surface area contributed by atoms with E-state index in [1.807, 2.05) is 59.6 Å². The number of aromatic nitrogens is 2. The molecule has 0 aliphatic heterocycles. The number of benzene rings is 1. The number of aromatic amines is 1. The molecule has 2 aromatic heterocycles. The van der Waals surface area contributed by atoms with E-state index < -0.39 is 0 Å². The van der Waals surface area contributed by atoms with Crippen LogP contribution < -0.4 is 5.32 Å². The SMILES string of the molecule is O=C(Cc1c[nH]c2ccccc12)NCCn1cccc1. The van der Waals surface area contributed by atoms with Crippen molar-refractivity contribution in [3.63, 3.8) is 0 Å². The molecular weight excluding hydrogens is 250 g/mol. The maximum Gasteiger partial charge on any atom is 0.224 e. The van der Waals surface area contributed by atoms with Crippen LogP contribution in [-0.4, -0.2) is 22.0 Å². The zero-order valence-corrected chi connectivity index (χ0v) is 11.2. The first-order valence-corrected chi connectivity index (χ1v) is 6.75. The fraction of sp³-hybridized carbons (Fsp3) is 0.188. The van der Waals surface area contributed by atoms with E-state index in [1.165, 1.54) is 0 Å². The van der Waals surface area contributed by atoms with Crippen molar-refractivity contribution in [2.24, 2.45) is 0 Å². The number of hydrogen-bond acceptors (Lipinski definition) is 1. The Balaban J connectivity index is 1.56. The van der Waals surface area contributed by atoms with Gasteiger partial charge in [-0.2, -0.15) is 0 Å². The summed E-state index contributed by atoms with van der Waals surface area (Å²) < 4.78 is 2.05. The van der Waals surface area contributed by atoms with Gasteiger partial charge in [0.15, 0.2) is 0 Å². The van der Waals surface area contributed by atoms with Crippen molar-refractivity contribution >= 4 is 16.8 Å². The summed E-state index contributed by atoms with van der Waals surface area (Å²) >= 11 is 0. The van der Waals surface area contributed by atoms with Crippen LogP contribution in [0.25, 0.3) is 10.9 Å². The normalized spacial score (nSPS) is 10.8. The number of carbonyl (C=O) groups is 1. The van der Waals surface area contributed by atoms with E-state index in [2.05, 4.69) is 10.3 Å². The summed E-state index contributed by atoms with van der Waals surface area (Å²) in [7, 11) is 0. The van der Waals surface area contributed by atoms with Crippen LogP contribution in [-0.2, 0) is 17.8 Å². The van der Waals surface area contributed by atoms with Gasteiger partial charge < -0.3 is 14.9 Å². The Labute approximate surface area is 117 Å². The Bertz CT molecular complexity index is 697. The molecule has 0 saturated carbocycles. The predicted molar refractivity (Wildman–Crippen MR) is 79.4 cm³/mol. The zero-order chi connectivity index (χ0) is 13.8. The molecule has 0 atom stereocenters. The van der Waals surface area contributed by atoms with Gasteiger partial charge in [0, 0.05) is 42.6 Å². The first-order chi connectivity index (χ1) is 9.83. The summed E-state index contributed by atoms with van der Waals surface area (Å²) in [6, 6.07) is 12.0. The Hall–Kier alpha value is -2.49. The summed E-state index contributed by atoms with van der Waals surface area (Å²) in [5.41, 5.74) is 2.11. The van der Waals surface area contributed by atoms with Crippen LogP contribution in [0.4, 0.5) is 0 Å². The lowest BCUT2D eigenvalue weighted by atomic mass is 10.1. The van der Waals surface area contributed by atoms with E-state index in [0.717, 1.165) is 23.0 Å². The van der Waals surface area contributed by atoms with E-state index >= 15 is 0 Å². The fourth-order valence-electron chi connectivity index (χ4n) is 2.36. The maximum absolute atomic E-state index is 11.9. The molecule has 0 aliphatic carbocycles. The molecule has 3 aromatic rings. The number of rotatable bonds is 5. The molecule has 0 unspecified atom stereocenters. The number of para-hydroxylation sites is 1. The van der Waals surface area contributed by atoms with Crippen molar-refractivity contribution in [3.8, 4) is 0 Å². The highest BCUT2D eigenvalue weighted by Crippen LogP contribution is 2.17. The fourth-order valence-corrected chi connectivity index (χ4v) is 2.36. The largest absolute Gasteiger partial charge is 0.361 e. The van der Waals surface area contributed by atoms with Crippen molar-refractivity contribution in [2.45, 2.75) is 13.0 Å². The molecule has 0 radical (unpaired) electrons. The molecule has 0 spiro atoms. The van der Waals surface area contributed by atoms with Crippen LogP contribution >= 0.6 is 0 Å². The lowest BCUT2D eigenvalue weighted by Gasteiger charge is -2.05. The number of nitrogens with zero attached hydrogens (tertiary/aromatic N) is 1. The number of hydrogen-bond donors (Lipinski definition) is 2. The minimum absolute atomic E-state index is 0.0573. The van der Waals surface area contributed by atoms with Gasteiger partial charge >= 0.3 is 0 Å². The first-order valence-electron chi connectivity index (χ1n) is 6.75. The molecule has 3 rings (SSSR count). The quantitative estimate of drug-likeness (QED) is 0.732.